The van der Waals surface area contributed by atoms with Crippen LogP contribution in [0.2, 0.25) is 0 Å². The molecule has 1 aliphatic heterocycles. The van der Waals surface area contributed by atoms with E-state index in [-0.39, 0.29) is 18.2 Å². The molecule has 5 N–H and O–H groups in total. The van der Waals surface area contributed by atoms with E-state index in [1.807, 2.05) is 0 Å². The van der Waals surface area contributed by atoms with Crippen LogP contribution in [-0.2, 0) is 9.59 Å². The highest BCUT2D eigenvalue weighted by Gasteiger charge is 2.44. The molecule has 6 heteroatoms. The van der Waals surface area contributed by atoms with E-state index in [2.05, 4.69) is 0 Å². The van der Waals surface area contributed by atoms with Gasteiger partial charge >= 0.3 is 0 Å². The molecule has 0 radical (unpaired) electrons. The Balaban J connectivity index is 1.96. The Morgan fingerprint density at radius 3 is 2.79 bits per heavy atom. The smallest absolute Gasteiger partial charge is 0.240 e. The van der Waals surface area contributed by atoms with Crippen molar-refractivity contribution < 1.29 is 14.7 Å². The zero-order valence-electron chi connectivity index (χ0n) is 11.2. The van der Waals surface area contributed by atoms with Gasteiger partial charge in [-0.05, 0) is 19.3 Å². The second-order valence-corrected chi connectivity index (χ2v) is 5.86. The normalized spacial score (nSPS) is 32.5. The number of carbonyl (C=O) groups is 2. The molecule has 6 nitrogen and oxygen atoms in total. The maximum absolute atomic E-state index is 12.1. The summed E-state index contributed by atoms with van der Waals surface area (Å²) in [5, 5.41) is 10.5. The van der Waals surface area contributed by atoms with Crippen LogP contribution in [0.25, 0.3) is 0 Å². The average Bonchev–Trinajstić information content (AvgIpc) is 2.36. The summed E-state index contributed by atoms with van der Waals surface area (Å²) in [5.74, 6) is -0.654. The number of likely N-dealkylation sites (tertiary alicyclic amines) is 1. The van der Waals surface area contributed by atoms with Crippen molar-refractivity contribution in [3.05, 3.63) is 0 Å². The van der Waals surface area contributed by atoms with Gasteiger partial charge < -0.3 is 21.5 Å². The number of nitrogens with two attached hydrogens (primary N) is 2. The highest BCUT2D eigenvalue weighted by molar-refractivity contribution is 5.87. The van der Waals surface area contributed by atoms with Crippen molar-refractivity contribution in [2.45, 2.75) is 50.2 Å². The molecule has 1 saturated heterocycles. The SMILES string of the molecule is NC(=O)CC(N)C(=O)N1CCC2(O)CCCCC2C1. The van der Waals surface area contributed by atoms with E-state index in [1.54, 1.807) is 4.90 Å². The van der Waals surface area contributed by atoms with Crippen LogP contribution >= 0.6 is 0 Å². The van der Waals surface area contributed by atoms with E-state index in [4.69, 9.17) is 11.5 Å². The molecule has 1 saturated carbocycles. The van der Waals surface area contributed by atoms with Crippen LogP contribution in [0, 0.1) is 5.92 Å². The molecule has 3 unspecified atom stereocenters. The van der Waals surface area contributed by atoms with Gasteiger partial charge in [0.1, 0.15) is 0 Å². The lowest BCUT2D eigenvalue weighted by Crippen LogP contribution is -2.57. The molecule has 0 aromatic rings. The Bertz CT molecular complexity index is 374. The predicted molar refractivity (Wildman–Crippen MR) is 69.9 cm³/mol. The molecule has 1 heterocycles. The number of piperidine rings is 1. The summed E-state index contributed by atoms with van der Waals surface area (Å²) < 4.78 is 0. The van der Waals surface area contributed by atoms with E-state index in [9.17, 15) is 14.7 Å². The van der Waals surface area contributed by atoms with E-state index in [1.165, 1.54) is 0 Å². The summed E-state index contributed by atoms with van der Waals surface area (Å²) in [7, 11) is 0. The number of hydrogen-bond acceptors (Lipinski definition) is 4. The van der Waals surface area contributed by atoms with Crippen molar-refractivity contribution >= 4 is 11.8 Å². The highest BCUT2D eigenvalue weighted by atomic mass is 16.3. The number of rotatable bonds is 3. The number of hydrogen-bond donors (Lipinski definition) is 3. The molecular weight excluding hydrogens is 246 g/mol. The molecule has 2 amide bonds. The summed E-state index contributed by atoms with van der Waals surface area (Å²) in [6, 6.07) is -0.854. The zero-order chi connectivity index (χ0) is 14.0. The number of carbonyl (C=O) groups excluding carboxylic acids is 2. The van der Waals surface area contributed by atoms with E-state index in [0.717, 1.165) is 25.7 Å². The van der Waals surface area contributed by atoms with Crippen molar-refractivity contribution in [1.29, 1.82) is 0 Å². The molecule has 3 atom stereocenters. The van der Waals surface area contributed by atoms with Crippen LogP contribution in [-0.4, -0.2) is 46.6 Å². The highest BCUT2D eigenvalue weighted by Crippen LogP contribution is 2.39. The molecule has 2 fully saturated rings. The van der Waals surface area contributed by atoms with Crippen molar-refractivity contribution in [3.8, 4) is 0 Å². The van der Waals surface area contributed by atoms with Gasteiger partial charge in [0, 0.05) is 19.0 Å². The summed E-state index contributed by atoms with van der Waals surface area (Å²) in [6.45, 7) is 1.06. The fourth-order valence-corrected chi connectivity index (χ4v) is 3.31. The first-order valence-corrected chi connectivity index (χ1v) is 6.97. The molecule has 0 bridgehead atoms. The summed E-state index contributed by atoms with van der Waals surface area (Å²) in [6.07, 6.45) is 4.42. The van der Waals surface area contributed by atoms with Crippen LogP contribution in [0.3, 0.4) is 0 Å². The largest absolute Gasteiger partial charge is 0.389 e. The lowest BCUT2D eigenvalue weighted by molar-refractivity contribution is -0.145. The molecule has 0 aromatic heterocycles. The summed E-state index contributed by atoms with van der Waals surface area (Å²) in [5.41, 5.74) is 10.1. The van der Waals surface area contributed by atoms with Gasteiger partial charge in [-0.1, -0.05) is 12.8 Å². The van der Waals surface area contributed by atoms with Crippen molar-refractivity contribution in [2.75, 3.05) is 13.1 Å². The fraction of sp³-hybridized carbons (Fsp3) is 0.846. The third kappa shape index (κ3) is 3.06. The Labute approximate surface area is 113 Å². The maximum Gasteiger partial charge on any atom is 0.240 e. The van der Waals surface area contributed by atoms with Crippen LogP contribution in [0.15, 0.2) is 0 Å². The molecule has 1 aliphatic carbocycles. The number of aliphatic hydroxyl groups is 1. The Hall–Kier alpha value is -1.14. The number of fused-ring (bicyclic) bond motifs is 1. The minimum absolute atomic E-state index is 0.121. The Morgan fingerprint density at radius 1 is 1.37 bits per heavy atom. The minimum atomic E-state index is -0.854. The molecule has 2 aliphatic rings. The van der Waals surface area contributed by atoms with Gasteiger partial charge in [0.25, 0.3) is 0 Å². The third-order valence-electron chi connectivity index (χ3n) is 4.48. The van der Waals surface area contributed by atoms with Crippen LogP contribution < -0.4 is 11.5 Å². The zero-order valence-corrected chi connectivity index (χ0v) is 11.2. The molecule has 108 valence electrons. The molecule has 0 aromatic carbocycles. The third-order valence-corrected chi connectivity index (χ3v) is 4.48. The molecule has 2 rings (SSSR count). The fourth-order valence-electron chi connectivity index (χ4n) is 3.31. The van der Waals surface area contributed by atoms with E-state index in [0.29, 0.717) is 19.5 Å². The van der Waals surface area contributed by atoms with Crippen LogP contribution in [0.1, 0.15) is 38.5 Å². The molecule has 0 spiro atoms. The molecule has 19 heavy (non-hydrogen) atoms. The monoisotopic (exact) mass is 269 g/mol. The van der Waals surface area contributed by atoms with Crippen molar-refractivity contribution in [1.82, 2.24) is 4.90 Å². The van der Waals surface area contributed by atoms with Gasteiger partial charge in [-0.25, -0.2) is 0 Å². The van der Waals surface area contributed by atoms with Gasteiger partial charge in [0.15, 0.2) is 0 Å². The van der Waals surface area contributed by atoms with Gasteiger partial charge in [-0.15, -0.1) is 0 Å². The minimum Gasteiger partial charge on any atom is -0.389 e. The van der Waals surface area contributed by atoms with Crippen molar-refractivity contribution in [2.24, 2.45) is 17.4 Å². The van der Waals surface area contributed by atoms with Gasteiger partial charge in [0.05, 0.1) is 18.1 Å². The Morgan fingerprint density at radius 2 is 2.11 bits per heavy atom. The lowest BCUT2D eigenvalue weighted by atomic mass is 9.71. The van der Waals surface area contributed by atoms with Crippen LogP contribution in [0.5, 0.6) is 0 Å². The summed E-state index contributed by atoms with van der Waals surface area (Å²) in [4.78, 5) is 24.6. The van der Waals surface area contributed by atoms with Gasteiger partial charge in [-0.2, -0.15) is 0 Å². The molecular formula is C13H23N3O3. The maximum atomic E-state index is 12.1. The van der Waals surface area contributed by atoms with E-state index < -0.39 is 17.6 Å². The van der Waals surface area contributed by atoms with Crippen LogP contribution in [0.4, 0.5) is 0 Å². The van der Waals surface area contributed by atoms with Crippen molar-refractivity contribution in [3.63, 3.8) is 0 Å². The first-order chi connectivity index (χ1) is 8.92. The Kier molecular flexibility index (Phi) is 4.10. The topological polar surface area (TPSA) is 110 Å². The second-order valence-electron chi connectivity index (χ2n) is 5.86. The predicted octanol–water partition coefficient (Wildman–Crippen LogP) is -0.657. The van der Waals surface area contributed by atoms with E-state index >= 15 is 0 Å². The number of amides is 2. The first kappa shape index (κ1) is 14.3. The van der Waals surface area contributed by atoms with Gasteiger partial charge in [-0.3, -0.25) is 9.59 Å². The number of nitrogens with zero attached hydrogens (tertiary/aromatic N) is 1. The lowest BCUT2D eigenvalue weighted by Gasteiger charge is -2.47. The van der Waals surface area contributed by atoms with Gasteiger partial charge in [0.2, 0.25) is 11.8 Å². The number of primary amides is 1. The average molecular weight is 269 g/mol. The second kappa shape index (κ2) is 5.46. The first-order valence-electron chi connectivity index (χ1n) is 6.97. The quantitative estimate of drug-likeness (QED) is 0.632. The standard InChI is InChI=1S/C13H23N3O3/c14-10(7-11(15)17)12(18)16-6-5-13(19)4-2-1-3-9(13)8-16/h9-10,19H,1-8,14H2,(H2,15,17). The summed E-state index contributed by atoms with van der Waals surface area (Å²) >= 11 is 0.